The third kappa shape index (κ3) is 5.40. The highest BCUT2D eigenvalue weighted by molar-refractivity contribution is 5.06. The maximum Gasteiger partial charge on any atom is -0.0176 e. The normalized spacial score (nSPS) is 13.6. The average molecular weight is 168 g/mol. The van der Waals surface area contributed by atoms with Gasteiger partial charge >= 0.3 is 0 Å². The molecule has 0 saturated heterocycles. The maximum atomic E-state index is 2.40. The fourth-order valence-electron chi connectivity index (χ4n) is 1.02. The van der Waals surface area contributed by atoms with Gasteiger partial charge in [-0.2, -0.15) is 0 Å². The maximum absolute atomic E-state index is 2.40. The van der Waals surface area contributed by atoms with E-state index in [1.807, 2.05) is 0 Å². The second kappa shape index (κ2) is 5.40. The van der Waals surface area contributed by atoms with Crippen molar-refractivity contribution in [1.29, 1.82) is 0 Å². The molecule has 0 heterocycles. The van der Waals surface area contributed by atoms with E-state index in [0.717, 1.165) is 0 Å². The van der Waals surface area contributed by atoms with E-state index >= 15 is 0 Å². The first-order chi connectivity index (χ1) is 5.48. The molecule has 0 amide bonds. The summed E-state index contributed by atoms with van der Waals surface area (Å²) in [7, 11) is 0. The Bertz CT molecular complexity index is 135. The molecule has 0 aromatic heterocycles. The third-order valence-electron chi connectivity index (χ3n) is 2.44. The number of hydrogen-bond donors (Lipinski definition) is 0. The van der Waals surface area contributed by atoms with Crippen LogP contribution in [0, 0.1) is 5.41 Å². The molecule has 0 spiro atoms. The van der Waals surface area contributed by atoms with Crippen molar-refractivity contribution in [2.24, 2.45) is 5.41 Å². The first kappa shape index (κ1) is 11.7. The average Bonchev–Trinajstić information content (AvgIpc) is 1.96. The molecule has 0 aromatic carbocycles. The van der Waals surface area contributed by atoms with Crippen LogP contribution in [0.3, 0.4) is 0 Å². The predicted octanol–water partition coefficient (Wildman–Crippen LogP) is 4.56. The van der Waals surface area contributed by atoms with Gasteiger partial charge in [0.15, 0.2) is 0 Å². The van der Waals surface area contributed by atoms with E-state index in [4.69, 9.17) is 0 Å². The highest BCUT2D eigenvalue weighted by Gasteiger charge is 2.11. The summed E-state index contributed by atoms with van der Waals surface area (Å²) >= 11 is 0. The molecule has 0 rings (SSSR count). The molecule has 0 saturated carbocycles. The van der Waals surface area contributed by atoms with Crippen molar-refractivity contribution in [3.8, 4) is 0 Å². The molecular weight excluding hydrogens is 144 g/mol. The Morgan fingerprint density at radius 1 is 1.17 bits per heavy atom. The molecule has 0 heteroatoms. The second-order valence-electron chi connectivity index (χ2n) is 4.63. The van der Waals surface area contributed by atoms with Crippen molar-refractivity contribution in [1.82, 2.24) is 0 Å². The molecule has 0 aliphatic carbocycles. The summed E-state index contributed by atoms with van der Waals surface area (Å²) in [4.78, 5) is 0. The lowest BCUT2D eigenvalue weighted by atomic mass is 9.87. The second-order valence-corrected chi connectivity index (χ2v) is 4.63. The third-order valence-corrected chi connectivity index (χ3v) is 2.44. The van der Waals surface area contributed by atoms with Crippen molar-refractivity contribution in [2.75, 3.05) is 0 Å². The standard InChI is InChI=1S/C12H24/c1-6-7-8-9-10-11(2)12(3,4)5/h10H,6-9H2,1-5H3. The zero-order valence-corrected chi connectivity index (χ0v) is 9.41. The van der Waals surface area contributed by atoms with Crippen LogP contribution >= 0.6 is 0 Å². The van der Waals surface area contributed by atoms with E-state index in [2.05, 4.69) is 40.7 Å². The van der Waals surface area contributed by atoms with Crippen LogP contribution in [0.25, 0.3) is 0 Å². The van der Waals surface area contributed by atoms with Gasteiger partial charge in [-0.25, -0.2) is 0 Å². The van der Waals surface area contributed by atoms with Gasteiger partial charge in [0, 0.05) is 0 Å². The summed E-state index contributed by atoms with van der Waals surface area (Å²) < 4.78 is 0. The summed E-state index contributed by atoms with van der Waals surface area (Å²) in [6.45, 7) is 11.3. The summed E-state index contributed by atoms with van der Waals surface area (Å²) in [5, 5.41) is 0. The van der Waals surface area contributed by atoms with E-state index in [9.17, 15) is 0 Å². The minimum atomic E-state index is 0.367. The van der Waals surface area contributed by atoms with Crippen molar-refractivity contribution in [2.45, 2.75) is 60.3 Å². The Morgan fingerprint density at radius 3 is 2.17 bits per heavy atom. The van der Waals surface area contributed by atoms with Gasteiger partial charge < -0.3 is 0 Å². The minimum Gasteiger partial charge on any atom is -0.0851 e. The van der Waals surface area contributed by atoms with Crippen LogP contribution in [-0.2, 0) is 0 Å². The SMILES string of the molecule is CCCCCC=C(C)C(C)(C)C. The molecule has 0 fully saturated rings. The topological polar surface area (TPSA) is 0 Å². The zero-order chi connectivity index (χ0) is 9.61. The fourth-order valence-corrected chi connectivity index (χ4v) is 1.02. The van der Waals surface area contributed by atoms with Gasteiger partial charge in [-0.3, -0.25) is 0 Å². The van der Waals surface area contributed by atoms with Gasteiger partial charge in [-0.1, -0.05) is 52.2 Å². The summed E-state index contributed by atoms with van der Waals surface area (Å²) in [5.74, 6) is 0. The van der Waals surface area contributed by atoms with Crippen LogP contribution in [0.1, 0.15) is 60.3 Å². The number of unbranched alkanes of at least 4 members (excludes halogenated alkanes) is 3. The van der Waals surface area contributed by atoms with Gasteiger partial charge in [-0.05, 0) is 25.2 Å². The zero-order valence-electron chi connectivity index (χ0n) is 9.41. The van der Waals surface area contributed by atoms with Gasteiger partial charge in [0.25, 0.3) is 0 Å². The summed E-state index contributed by atoms with van der Waals surface area (Å²) in [6.07, 6.45) is 7.70. The predicted molar refractivity (Wildman–Crippen MR) is 57.4 cm³/mol. The summed E-state index contributed by atoms with van der Waals surface area (Å²) in [6, 6.07) is 0. The van der Waals surface area contributed by atoms with Crippen LogP contribution in [-0.4, -0.2) is 0 Å². The molecule has 0 aromatic rings. The lowest BCUT2D eigenvalue weighted by Crippen LogP contribution is -2.06. The van der Waals surface area contributed by atoms with Crippen molar-refractivity contribution in [3.05, 3.63) is 11.6 Å². The Kier molecular flexibility index (Phi) is 5.28. The van der Waals surface area contributed by atoms with E-state index in [1.54, 1.807) is 0 Å². The summed E-state index contributed by atoms with van der Waals surface area (Å²) in [5.41, 5.74) is 1.89. The molecule has 72 valence electrons. The van der Waals surface area contributed by atoms with Crippen LogP contribution in [0.5, 0.6) is 0 Å². The molecular formula is C12H24. The van der Waals surface area contributed by atoms with Crippen LogP contribution in [0.4, 0.5) is 0 Å². The smallest absolute Gasteiger partial charge is 0.0176 e. The van der Waals surface area contributed by atoms with Gasteiger partial charge in [0.2, 0.25) is 0 Å². The van der Waals surface area contributed by atoms with Crippen molar-refractivity contribution >= 4 is 0 Å². The number of hydrogen-bond acceptors (Lipinski definition) is 0. The van der Waals surface area contributed by atoms with E-state index in [-0.39, 0.29) is 0 Å². The van der Waals surface area contributed by atoms with Crippen molar-refractivity contribution < 1.29 is 0 Å². The van der Waals surface area contributed by atoms with Crippen LogP contribution in [0.15, 0.2) is 11.6 Å². The van der Waals surface area contributed by atoms with Gasteiger partial charge in [0.05, 0.1) is 0 Å². The molecule has 0 N–H and O–H groups in total. The number of rotatable bonds is 4. The Hall–Kier alpha value is -0.260. The highest BCUT2D eigenvalue weighted by atomic mass is 14.2. The van der Waals surface area contributed by atoms with E-state index in [0.29, 0.717) is 5.41 Å². The fraction of sp³-hybridized carbons (Fsp3) is 0.833. The molecule has 0 bridgehead atoms. The minimum absolute atomic E-state index is 0.367. The molecule has 12 heavy (non-hydrogen) atoms. The van der Waals surface area contributed by atoms with Crippen LogP contribution < -0.4 is 0 Å². The lowest BCUT2D eigenvalue weighted by molar-refractivity contribution is 0.500. The largest absolute Gasteiger partial charge is 0.0851 e. The first-order valence-corrected chi connectivity index (χ1v) is 5.15. The molecule has 0 radical (unpaired) electrons. The van der Waals surface area contributed by atoms with Crippen molar-refractivity contribution in [3.63, 3.8) is 0 Å². The molecule has 0 unspecified atom stereocenters. The van der Waals surface area contributed by atoms with E-state index in [1.165, 1.54) is 31.3 Å². The molecule has 0 atom stereocenters. The first-order valence-electron chi connectivity index (χ1n) is 5.15. The van der Waals surface area contributed by atoms with Gasteiger partial charge in [0.1, 0.15) is 0 Å². The lowest BCUT2D eigenvalue weighted by Gasteiger charge is -2.19. The van der Waals surface area contributed by atoms with E-state index < -0.39 is 0 Å². The Labute approximate surface area is 78.1 Å². The molecule has 0 aliphatic heterocycles. The van der Waals surface area contributed by atoms with Crippen LogP contribution in [0.2, 0.25) is 0 Å². The quantitative estimate of drug-likeness (QED) is 0.426. The molecule has 0 aliphatic rings. The monoisotopic (exact) mass is 168 g/mol. The highest BCUT2D eigenvalue weighted by Crippen LogP contribution is 2.24. The Morgan fingerprint density at radius 2 is 1.75 bits per heavy atom. The molecule has 0 nitrogen and oxygen atoms in total. The van der Waals surface area contributed by atoms with Gasteiger partial charge in [-0.15, -0.1) is 0 Å². The number of allylic oxidation sites excluding steroid dienone is 2. The Balaban J connectivity index is 3.70.